The average Bonchev–Trinajstić information content (AvgIpc) is 2.91. The summed E-state index contributed by atoms with van der Waals surface area (Å²) in [6, 6.07) is 15.7. The first kappa shape index (κ1) is 13.7. The van der Waals surface area contributed by atoms with Gasteiger partial charge in [-0.2, -0.15) is 0 Å². The maximum Gasteiger partial charge on any atom is 0.163 e. The van der Waals surface area contributed by atoms with Crippen LogP contribution in [-0.4, -0.2) is 11.6 Å². The minimum Gasteiger partial charge on any atom is -0.294 e. The van der Waals surface area contributed by atoms with E-state index in [4.69, 9.17) is 0 Å². The van der Waals surface area contributed by atoms with E-state index in [1.807, 2.05) is 48.5 Å². The highest BCUT2D eigenvalue weighted by Gasteiger charge is 2.17. The topological polar surface area (TPSA) is 34.1 Å². The summed E-state index contributed by atoms with van der Waals surface area (Å²) in [6.07, 6.45) is 4.48. The minimum absolute atomic E-state index is 0.301. The van der Waals surface area contributed by atoms with Crippen molar-refractivity contribution in [2.24, 2.45) is 0 Å². The van der Waals surface area contributed by atoms with Gasteiger partial charge < -0.3 is 0 Å². The summed E-state index contributed by atoms with van der Waals surface area (Å²) in [6.45, 7) is 0. The Hall–Kier alpha value is -2.22. The lowest BCUT2D eigenvalue weighted by molar-refractivity contribution is 0.0970. The summed E-state index contributed by atoms with van der Waals surface area (Å²) < 4.78 is 0. The van der Waals surface area contributed by atoms with Crippen molar-refractivity contribution in [3.8, 4) is 0 Å². The molecule has 4 rings (SSSR count). The number of benzene rings is 2. The second-order valence-corrected chi connectivity index (χ2v) is 5.51. The molecule has 2 aliphatic rings. The molecule has 0 aromatic heterocycles. The van der Waals surface area contributed by atoms with E-state index in [9.17, 15) is 9.59 Å². The van der Waals surface area contributed by atoms with Crippen LogP contribution in [0.2, 0.25) is 0 Å². The molecule has 2 aromatic rings. The van der Waals surface area contributed by atoms with Gasteiger partial charge in [-0.25, -0.2) is 0 Å². The molecule has 2 nitrogen and oxygen atoms in total. The Morgan fingerprint density at radius 1 is 0.571 bits per heavy atom. The molecule has 21 heavy (non-hydrogen) atoms. The van der Waals surface area contributed by atoms with Gasteiger partial charge in [0, 0.05) is 24.0 Å². The van der Waals surface area contributed by atoms with Gasteiger partial charge in [0.25, 0.3) is 0 Å². The third-order valence-electron chi connectivity index (χ3n) is 4.11. The van der Waals surface area contributed by atoms with Gasteiger partial charge in [0.05, 0.1) is 0 Å². The van der Waals surface area contributed by atoms with Crippen LogP contribution in [0.5, 0.6) is 0 Å². The van der Waals surface area contributed by atoms with Crippen LogP contribution in [0.25, 0.3) is 0 Å². The maximum atomic E-state index is 11.3. The van der Waals surface area contributed by atoms with E-state index in [0.717, 1.165) is 36.8 Å². The van der Waals surface area contributed by atoms with E-state index in [-0.39, 0.29) is 0 Å². The fourth-order valence-electron chi connectivity index (χ4n) is 2.98. The number of aryl methyl sites for hydroxylation is 2. The molecule has 0 saturated carbocycles. The van der Waals surface area contributed by atoms with Crippen LogP contribution in [0.3, 0.4) is 0 Å². The van der Waals surface area contributed by atoms with Crippen LogP contribution >= 0.6 is 0 Å². The monoisotopic (exact) mass is 278 g/mol. The molecule has 2 aliphatic carbocycles. The molecule has 0 fully saturated rings. The molecule has 2 heteroatoms. The normalized spacial score (nSPS) is 15.8. The number of hydrogen-bond donors (Lipinski definition) is 0. The predicted octanol–water partition coefficient (Wildman–Crippen LogP) is 4.02. The zero-order valence-corrected chi connectivity index (χ0v) is 12.0. The Labute approximate surface area is 124 Å². The average molecular weight is 278 g/mol. The second-order valence-electron chi connectivity index (χ2n) is 5.51. The lowest BCUT2D eigenvalue weighted by atomic mass is 9.91. The molecule has 0 saturated heterocycles. The fraction of sp³-hybridized carbons (Fsp3) is 0.263. The van der Waals surface area contributed by atoms with Crippen LogP contribution in [0.1, 0.15) is 51.1 Å². The molecular formula is C19H18O2. The van der Waals surface area contributed by atoms with Crippen molar-refractivity contribution >= 4 is 11.6 Å². The number of Topliss-reactive ketones (excluding diaryl/α,β-unsaturated/α-hetero) is 2. The van der Waals surface area contributed by atoms with Crippen LogP contribution in [0.15, 0.2) is 48.5 Å². The summed E-state index contributed by atoms with van der Waals surface area (Å²) in [4.78, 5) is 22.4. The number of carbonyl (C=O) groups is 2. The molecule has 0 aliphatic heterocycles. The van der Waals surface area contributed by atoms with Gasteiger partial charge in [0.15, 0.2) is 11.6 Å². The summed E-state index contributed by atoms with van der Waals surface area (Å²) in [5.41, 5.74) is 4.32. The van der Waals surface area contributed by atoms with Crippen molar-refractivity contribution in [2.45, 2.75) is 32.1 Å². The van der Waals surface area contributed by atoms with Crippen LogP contribution < -0.4 is 0 Å². The van der Waals surface area contributed by atoms with Crippen molar-refractivity contribution in [1.29, 1.82) is 0 Å². The number of fused-ring (bicyclic) bond motifs is 2. The maximum absolute atomic E-state index is 11.3. The molecule has 106 valence electrons. The SMILES string of the molecule is O=C1CCCc2ccccc21.O=C1CCc2ccccc21. The number of rotatable bonds is 0. The zero-order chi connectivity index (χ0) is 14.7. The first-order valence-electron chi connectivity index (χ1n) is 7.48. The van der Waals surface area contributed by atoms with Gasteiger partial charge in [0.2, 0.25) is 0 Å². The zero-order valence-electron chi connectivity index (χ0n) is 12.0. The Balaban J connectivity index is 0.000000126. The molecule has 0 bridgehead atoms. The highest BCUT2D eigenvalue weighted by atomic mass is 16.1. The third kappa shape index (κ3) is 2.94. The molecule has 2 aromatic carbocycles. The second kappa shape index (κ2) is 6.04. The first-order chi connectivity index (χ1) is 10.3. The molecule has 0 atom stereocenters. The number of hydrogen-bond acceptors (Lipinski definition) is 2. The van der Waals surface area contributed by atoms with Gasteiger partial charge in [-0.15, -0.1) is 0 Å². The molecule has 0 radical (unpaired) electrons. The summed E-state index contributed by atoms with van der Waals surface area (Å²) in [7, 11) is 0. The predicted molar refractivity (Wildman–Crippen MR) is 82.8 cm³/mol. The van der Waals surface area contributed by atoms with Crippen molar-refractivity contribution in [3.63, 3.8) is 0 Å². The Morgan fingerprint density at radius 3 is 1.71 bits per heavy atom. The summed E-state index contributed by atoms with van der Waals surface area (Å²) in [5.74, 6) is 0.613. The van der Waals surface area contributed by atoms with Crippen LogP contribution in [-0.2, 0) is 12.8 Å². The van der Waals surface area contributed by atoms with Gasteiger partial charge in [-0.05, 0) is 30.4 Å². The Morgan fingerprint density at radius 2 is 1.10 bits per heavy atom. The van der Waals surface area contributed by atoms with Crippen LogP contribution in [0, 0.1) is 0 Å². The standard InChI is InChI=1S/C10H10O.C9H8O/c11-10-7-3-5-8-4-1-2-6-9(8)10;10-9-6-5-7-3-1-2-4-8(7)9/h1-2,4,6H,3,5,7H2;1-4H,5-6H2. The van der Waals surface area contributed by atoms with E-state index in [1.165, 1.54) is 11.1 Å². The highest BCUT2D eigenvalue weighted by molar-refractivity contribution is 6.00. The van der Waals surface area contributed by atoms with E-state index in [0.29, 0.717) is 18.0 Å². The minimum atomic E-state index is 0.301. The largest absolute Gasteiger partial charge is 0.294 e. The van der Waals surface area contributed by atoms with E-state index in [1.54, 1.807) is 0 Å². The van der Waals surface area contributed by atoms with Crippen molar-refractivity contribution in [2.75, 3.05) is 0 Å². The fourth-order valence-corrected chi connectivity index (χ4v) is 2.98. The summed E-state index contributed by atoms with van der Waals surface area (Å²) in [5, 5.41) is 0. The molecule has 0 spiro atoms. The van der Waals surface area contributed by atoms with Crippen molar-refractivity contribution < 1.29 is 9.59 Å². The highest BCUT2D eigenvalue weighted by Crippen LogP contribution is 2.21. The van der Waals surface area contributed by atoms with Gasteiger partial charge in [-0.3, -0.25) is 9.59 Å². The molecule has 0 amide bonds. The Kier molecular flexibility index (Phi) is 3.96. The molecular weight excluding hydrogens is 260 g/mol. The first-order valence-corrected chi connectivity index (χ1v) is 7.48. The van der Waals surface area contributed by atoms with Gasteiger partial charge >= 0.3 is 0 Å². The van der Waals surface area contributed by atoms with Crippen molar-refractivity contribution in [1.82, 2.24) is 0 Å². The van der Waals surface area contributed by atoms with Crippen LogP contribution in [0.4, 0.5) is 0 Å². The van der Waals surface area contributed by atoms with Crippen molar-refractivity contribution in [3.05, 3.63) is 70.8 Å². The number of ketones is 2. The quantitative estimate of drug-likeness (QED) is 0.729. The number of carbonyl (C=O) groups excluding carboxylic acids is 2. The smallest absolute Gasteiger partial charge is 0.163 e. The molecule has 0 heterocycles. The van der Waals surface area contributed by atoms with E-state index >= 15 is 0 Å². The summed E-state index contributed by atoms with van der Waals surface area (Å²) >= 11 is 0. The van der Waals surface area contributed by atoms with Gasteiger partial charge in [-0.1, -0.05) is 48.5 Å². The van der Waals surface area contributed by atoms with E-state index in [2.05, 4.69) is 0 Å². The third-order valence-corrected chi connectivity index (χ3v) is 4.11. The molecule has 0 unspecified atom stereocenters. The molecule has 0 N–H and O–H groups in total. The Bertz CT molecular complexity index is 685. The van der Waals surface area contributed by atoms with Gasteiger partial charge in [0.1, 0.15) is 0 Å². The van der Waals surface area contributed by atoms with E-state index < -0.39 is 0 Å². The lowest BCUT2D eigenvalue weighted by Gasteiger charge is -2.12. The lowest BCUT2D eigenvalue weighted by Crippen LogP contribution is -2.09.